The molecule has 1 aliphatic rings. The number of halogens is 1. The van der Waals surface area contributed by atoms with Gasteiger partial charge in [0, 0.05) is 28.8 Å². The van der Waals surface area contributed by atoms with E-state index in [-0.39, 0.29) is 0 Å². The molecule has 19 heavy (non-hydrogen) atoms. The van der Waals surface area contributed by atoms with Crippen LogP contribution in [-0.4, -0.2) is 25.2 Å². The smallest absolute Gasteiger partial charge is 0.0374 e. The molecule has 0 spiro atoms. The second kappa shape index (κ2) is 6.27. The van der Waals surface area contributed by atoms with E-state index in [2.05, 4.69) is 66.0 Å². The Kier molecular flexibility index (Phi) is 4.91. The molecular weight excluding hydrogens is 300 g/mol. The summed E-state index contributed by atoms with van der Waals surface area (Å²) in [6.07, 6.45) is 2.48. The van der Waals surface area contributed by atoms with Crippen molar-refractivity contribution in [2.75, 3.05) is 18.0 Å². The van der Waals surface area contributed by atoms with Gasteiger partial charge in [0.15, 0.2) is 0 Å². The number of anilines is 1. The van der Waals surface area contributed by atoms with Crippen molar-refractivity contribution in [3.8, 4) is 0 Å². The van der Waals surface area contributed by atoms with Gasteiger partial charge in [0.05, 0.1) is 0 Å². The van der Waals surface area contributed by atoms with Gasteiger partial charge in [-0.05, 0) is 63.4 Å². The van der Waals surface area contributed by atoms with E-state index in [1.165, 1.54) is 34.1 Å². The van der Waals surface area contributed by atoms with Crippen molar-refractivity contribution in [1.82, 2.24) is 5.32 Å². The van der Waals surface area contributed by atoms with Crippen LogP contribution in [0.2, 0.25) is 0 Å². The van der Waals surface area contributed by atoms with E-state index in [0.29, 0.717) is 12.1 Å². The zero-order chi connectivity index (χ0) is 14.0. The third kappa shape index (κ3) is 3.32. The SMILES string of the molecule is CCNC1CCN(c2cc(C)c(Br)c(C)c2)C(C)C1. The Morgan fingerprint density at radius 1 is 1.32 bits per heavy atom. The third-order valence-corrected chi connectivity index (χ3v) is 5.37. The quantitative estimate of drug-likeness (QED) is 0.902. The van der Waals surface area contributed by atoms with Crippen molar-refractivity contribution in [2.24, 2.45) is 0 Å². The van der Waals surface area contributed by atoms with Crippen LogP contribution in [0.15, 0.2) is 16.6 Å². The van der Waals surface area contributed by atoms with Crippen molar-refractivity contribution >= 4 is 21.6 Å². The van der Waals surface area contributed by atoms with Gasteiger partial charge in [-0.2, -0.15) is 0 Å². The van der Waals surface area contributed by atoms with E-state index in [9.17, 15) is 0 Å². The van der Waals surface area contributed by atoms with Crippen LogP contribution in [-0.2, 0) is 0 Å². The Hall–Kier alpha value is -0.540. The summed E-state index contributed by atoms with van der Waals surface area (Å²) in [6, 6.07) is 5.91. The van der Waals surface area contributed by atoms with Gasteiger partial charge in [0.25, 0.3) is 0 Å². The molecule has 1 N–H and O–H groups in total. The van der Waals surface area contributed by atoms with E-state index in [1.807, 2.05) is 0 Å². The van der Waals surface area contributed by atoms with Gasteiger partial charge < -0.3 is 10.2 Å². The summed E-state index contributed by atoms with van der Waals surface area (Å²) in [7, 11) is 0. The molecule has 0 bridgehead atoms. The molecule has 1 saturated heterocycles. The number of hydrogen-bond acceptors (Lipinski definition) is 2. The summed E-state index contributed by atoms with van der Waals surface area (Å²) in [6.45, 7) is 11.1. The molecule has 1 aromatic carbocycles. The highest BCUT2D eigenvalue weighted by molar-refractivity contribution is 9.10. The predicted octanol–water partition coefficient (Wildman–Crippen LogP) is 4.03. The fourth-order valence-electron chi connectivity index (χ4n) is 3.12. The van der Waals surface area contributed by atoms with Gasteiger partial charge in [0.2, 0.25) is 0 Å². The number of benzene rings is 1. The minimum absolute atomic E-state index is 0.609. The monoisotopic (exact) mass is 324 g/mol. The van der Waals surface area contributed by atoms with Gasteiger partial charge >= 0.3 is 0 Å². The molecule has 106 valence electrons. The molecule has 2 nitrogen and oxygen atoms in total. The van der Waals surface area contributed by atoms with Gasteiger partial charge in [-0.25, -0.2) is 0 Å². The van der Waals surface area contributed by atoms with Crippen LogP contribution >= 0.6 is 15.9 Å². The van der Waals surface area contributed by atoms with Crippen LogP contribution in [0, 0.1) is 13.8 Å². The van der Waals surface area contributed by atoms with Gasteiger partial charge in [-0.3, -0.25) is 0 Å². The van der Waals surface area contributed by atoms with Crippen molar-refractivity contribution in [3.63, 3.8) is 0 Å². The molecule has 1 heterocycles. The van der Waals surface area contributed by atoms with Crippen molar-refractivity contribution < 1.29 is 0 Å². The number of rotatable bonds is 3. The zero-order valence-corrected chi connectivity index (χ0v) is 14.0. The normalized spacial score (nSPS) is 23.7. The summed E-state index contributed by atoms with van der Waals surface area (Å²) in [5, 5.41) is 3.58. The van der Waals surface area contributed by atoms with Crippen LogP contribution in [0.1, 0.15) is 37.8 Å². The average molecular weight is 325 g/mol. The van der Waals surface area contributed by atoms with Crippen molar-refractivity contribution in [2.45, 2.75) is 52.6 Å². The van der Waals surface area contributed by atoms with E-state index < -0.39 is 0 Å². The van der Waals surface area contributed by atoms with E-state index in [1.54, 1.807) is 0 Å². The molecule has 2 atom stereocenters. The third-order valence-electron chi connectivity index (χ3n) is 4.12. The van der Waals surface area contributed by atoms with Crippen LogP contribution < -0.4 is 10.2 Å². The summed E-state index contributed by atoms with van der Waals surface area (Å²) in [4.78, 5) is 2.56. The van der Waals surface area contributed by atoms with Crippen molar-refractivity contribution in [1.29, 1.82) is 0 Å². The molecule has 0 aliphatic carbocycles. The van der Waals surface area contributed by atoms with Gasteiger partial charge in [-0.15, -0.1) is 0 Å². The maximum absolute atomic E-state index is 3.65. The Morgan fingerprint density at radius 2 is 1.95 bits per heavy atom. The lowest BCUT2D eigenvalue weighted by Crippen LogP contribution is -2.47. The number of hydrogen-bond donors (Lipinski definition) is 1. The molecule has 1 aliphatic heterocycles. The van der Waals surface area contributed by atoms with Gasteiger partial charge in [-0.1, -0.05) is 22.9 Å². The molecule has 0 saturated carbocycles. The number of piperidine rings is 1. The molecule has 0 radical (unpaired) electrons. The Labute approximate surface area is 125 Å². The topological polar surface area (TPSA) is 15.3 Å². The second-order valence-electron chi connectivity index (χ2n) is 5.71. The van der Waals surface area contributed by atoms with E-state index in [4.69, 9.17) is 0 Å². The lowest BCUT2D eigenvalue weighted by Gasteiger charge is -2.40. The molecular formula is C16H25BrN2. The molecule has 0 aromatic heterocycles. The van der Waals surface area contributed by atoms with Crippen LogP contribution in [0.25, 0.3) is 0 Å². The van der Waals surface area contributed by atoms with Crippen molar-refractivity contribution in [3.05, 3.63) is 27.7 Å². The Morgan fingerprint density at radius 3 is 2.47 bits per heavy atom. The summed E-state index contributed by atoms with van der Waals surface area (Å²) in [5.74, 6) is 0. The molecule has 0 amide bonds. The molecule has 2 unspecified atom stereocenters. The highest BCUT2D eigenvalue weighted by atomic mass is 79.9. The minimum Gasteiger partial charge on any atom is -0.369 e. The fraction of sp³-hybridized carbons (Fsp3) is 0.625. The van der Waals surface area contributed by atoms with E-state index >= 15 is 0 Å². The first-order chi connectivity index (χ1) is 9.02. The van der Waals surface area contributed by atoms with E-state index in [0.717, 1.165) is 13.1 Å². The van der Waals surface area contributed by atoms with Crippen LogP contribution in [0.4, 0.5) is 5.69 Å². The fourth-order valence-corrected chi connectivity index (χ4v) is 3.35. The molecule has 1 fully saturated rings. The number of nitrogens with zero attached hydrogens (tertiary/aromatic N) is 1. The lowest BCUT2D eigenvalue weighted by atomic mass is 9.97. The number of nitrogens with one attached hydrogen (secondary N) is 1. The molecule has 1 aromatic rings. The largest absolute Gasteiger partial charge is 0.369 e. The summed E-state index contributed by atoms with van der Waals surface area (Å²) >= 11 is 3.65. The summed E-state index contributed by atoms with van der Waals surface area (Å²) < 4.78 is 1.24. The average Bonchev–Trinajstić information content (AvgIpc) is 2.36. The maximum Gasteiger partial charge on any atom is 0.0374 e. The Bertz CT molecular complexity index is 421. The highest BCUT2D eigenvalue weighted by Gasteiger charge is 2.25. The second-order valence-corrected chi connectivity index (χ2v) is 6.51. The maximum atomic E-state index is 3.65. The Balaban J connectivity index is 2.15. The predicted molar refractivity (Wildman–Crippen MR) is 87.1 cm³/mol. The first-order valence-electron chi connectivity index (χ1n) is 7.29. The standard InChI is InChI=1S/C16H25BrN2/c1-5-18-14-6-7-19(13(4)10-14)15-8-11(2)16(17)12(3)9-15/h8-9,13-14,18H,5-7,10H2,1-4H3. The molecule has 2 rings (SSSR count). The first-order valence-corrected chi connectivity index (χ1v) is 8.09. The summed E-state index contributed by atoms with van der Waals surface area (Å²) in [5.41, 5.74) is 4.03. The van der Waals surface area contributed by atoms with Crippen LogP contribution in [0.5, 0.6) is 0 Å². The van der Waals surface area contributed by atoms with Gasteiger partial charge in [0.1, 0.15) is 0 Å². The lowest BCUT2D eigenvalue weighted by molar-refractivity contribution is 0.374. The number of aryl methyl sites for hydroxylation is 2. The van der Waals surface area contributed by atoms with Crippen LogP contribution in [0.3, 0.4) is 0 Å². The minimum atomic E-state index is 0.609. The zero-order valence-electron chi connectivity index (χ0n) is 12.5. The highest BCUT2D eigenvalue weighted by Crippen LogP contribution is 2.30. The first kappa shape index (κ1) is 14.9. The molecule has 3 heteroatoms.